The molecule has 0 bridgehead atoms. The van der Waals surface area contributed by atoms with Gasteiger partial charge in [-0.1, -0.05) is 36.4 Å². The Morgan fingerprint density at radius 2 is 1.48 bits per heavy atom. The Bertz CT molecular complexity index is 984. The molecule has 0 aliphatic heterocycles. The molecule has 0 saturated carbocycles. The molecule has 0 aromatic heterocycles. The maximum Gasteiger partial charge on any atom is 0.203 e. The van der Waals surface area contributed by atoms with Crippen LogP contribution in [0.4, 0.5) is 0 Å². The van der Waals surface area contributed by atoms with Crippen molar-refractivity contribution in [1.29, 1.82) is 0 Å². The van der Waals surface area contributed by atoms with Crippen molar-refractivity contribution in [1.82, 2.24) is 0 Å². The first-order valence-electron chi connectivity index (χ1n) is 8.53. The molecule has 0 amide bonds. The smallest absolute Gasteiger partial charge is 0.203 e. The van der Waals surface area contributed by atoms with Gasteiger partial charge < -0.3 is 14.2 Å². The van der Waals surface area contributed by atoms with Crippen molar-refractivity contribution < 1.29 is 14.2 Å². The molecule has 0 spiro atoms. The third-order valence-corrected chi connectivity index (χ3v) is 4.27. The van der Waals surface area contributed by atoms with Crippen molar-refractivity contribution in [3.8, 4) is 17.2 Å². The van der Waals surface area contributed by atoms with E-state index in [9.17, 15) is 0 Å². The lowest BCUT2D eigenvalue weighted by Crippen LogP contribution is -1.97. The van der Waals surface area contributed by atoms with Crippen LogP contribution in [0.1, 0.15) is 18.1 Å². The SMILES string of the molecule is COc1cc(/C=N\N=C(\C)c2ccc3ccccc3c2)cc(OC)c1OC. The first kappa shape index (κ1) is 18.5. The highest BCUT2D eigenvalue weighted by Gasteiger charge is 2.12. The topological polar surface area (TPSA) is 52.4 Å². The maximum atomic E-state index is 5.35. The second-order valence-electron chi connectivity index (χ2n) is 5.95. The minimum Gasteiger partial charge on any atom is -0.493 e. The van der Waals surface area contributed by atoms with Crippen molar-refractivity contribution in [3.63, 3.8) is 0 Å². The fraction of sp³-hybridized carbons (Fsp3) is 0.182. The van der Waals surface area contributed by atoms with Gasteiger partial charge >= 0.3 is 0 Å². The number of nitrogens with zero attached hydrogens (tertiary/aromatic N) is 2. The molecule has 0 fully saturated rings. The molecule has 0 N–H and O–H groups in total. The van der Waals surface area contributed by atoms with Gasteiger partial charge in [0.1, 0.15) is 0 Å². The van der Waals surface area contributed by atoms with Crippen molar-refractivity contribution in [2.75, 3.05) is 21.3 Å². The molecule has 27 heavy (non-hydrogen) atoms. The number of methoxy groups -OCH3 is 3. The molecule has 0 aliphatic rings. The fourth-order valence-corrected chi connectivity index (χ4v) is 2.83. The van der Waals surface area contributed by atoms with Gasteiger partial charge in [0, 0.05) is 5.56 Å². The summed E-state index contributed by atoms with van der Waals surface area (Å²) in [6, 6.07) is 18.1. The van der Waals surface area contributed by atoms with E-state index in [2.05, 4.69) is 40.5 Å². The van der Waals surface area contributed by atoms with Gasteiger partial charge in [0.15, 0.2) is 11.5 Å². The third kappa shape index (κ3) is 4.08. The van der Waals surface area contributed by atoms with Crippen molar-refractivity contribution in [2.24, 2.45) is 10.2 Å². The third-order valence-electron chi connectivity index (χ3n) is 4.27. The molecule has 0 unspecified atom stereocenters. The number of rotatable bonds is 6. The molecule has 0 aliphatic carbocycles. The molecule has 0 atom stereocenters. The highest BCUT2D eigenvalue weighted by molar-refractivity contribution is 6.02. The normalized spacial score (nSPS) is 11.8. The minimum atomic E-state index is 0.549. The van der Waals surface area contributed by atoms with E-state index in [1.54, 1.807) is 27.5 Å². The predicted molar refractivity (Wildman–Crippen MR) is 110 cm³/mol. The fourth-order valence-electron chi connectivity index (χ4n) is 2.83. The van der Waals surface area contributed by atoms with E-state index in [4.69, 9.17) is 14.2 Å². The zero-order valence-electron chi connectivity index (χ0n) is 15.9. The second kappa shape index (κ2) is 8.36. The molecule has 3 aromatic rings. The van der Waals surface area contributed by atoms with Crippen LogP contribution in [0.5, 0.6) is 17.2 Å². The van der Waals surface area contributed by atoms with Gasteiger partial charge in [-0.05, 0) is 41.5 Å². The number of benzene rings is 3. The Morgan fingerprint density at radius 1 is 0.815 bits per heavy atom. The number of ether oxygens (including phenoxy) is 3. The van der Waals surface area contributed by atoms with Gasteiger partial charge in [-0.25, -0.2) is 0 Å². The Labute approximate surface area is 158 Å². The molecule has 0 radical (unpaired) electrons. The van der Waals surface area contributed by atoms with Crippen LogP contribution < -0.4 is 14.2 Å². The summed E-state index contributed by atoms with van der Waals surface area (Å²) in [4.78, 5) is 0. The summed E-state index contributed by atoms with van der Waals surface area (Å²) in [5.41, 5.74) is 2.68. The van der Waals surface area contributed by atoms with Crippen LogP contribution in [0.3, 0.4) is 0 Å². The monoisotopic (exact) mass is 362 g/mol. The number of fused-ring (bicyclic) bond motifs is 1. The Balaban J connectivity index is 1.86. The predicted octanol–water partition coefficient (Wildman–Crippen LogP) is 4.71. The average molecular weight is 362 g/mol. The van der Waals surface area contributed by atoms with Crippen molar-refractivity contribution in [2.45, 2.75) is 6.92 Å². The summed E-state index contributed by atoms with van der Waals surface area (Å²) < 4.78 is 16.0. The van der Waals surface area contributed by atoms with Gasteiger partial charge in [-0.15, -0.1) is 0 Å². The summed E-state index contributed by atoms with van der Waals surface area (Å²) in [6.07, 6.45) is 1.66. The average Bonchev–Trinajstić information content (AvgIpc) is 2.72. The molecule has 0 saturated heterocycles. The van der Waals surface area contributed by atoms with E-state index in [0.29, 0.717) is 17.2 Å². The van der Waals surface area contributed by atoms with Crippen LogP contribution in [0, 0.1) is 0 Å². The van der Waals surface area contributed by atoms with Gasteiger partial charge in [0.05, 0.1) is 33.3 Å². The molecule has 0 heterocycles. The summed E-state index contributed by atoms with van der Waals surface area (Å²) in [7, 11) is 4.74. The standard InChI is InChI=1S/C22H22N2O3/c1-15(18-10-9-17-7-5-6-8-19(17)13-18)24-23-14-16-11-20(25-2)22(27-4)21(12-16)26-3/h5-14H,1-4H3/b23-14-,24-15-. The number of hydrogen-bond donors (Lipinski definition) is 0. The quantitative estimate of drug-likeness (QED) is 0.471. The van der Waals surface area contributed by atoms with E-state index in [0.717, 1.165) is 16.8 Å². The molecular weight excluding hydrogens is 340 g/mol. The van der Waals surface area contributed by atoms with Crippen LogP contribution in [-0.4, -0.2) is 33.3 Å². The summed E-state index contributed by atoms with van der Waals surface area (Å²) in [6.45, 7) is 1.94. The molecule has 5 nitrogen and oxygen atoms in total. The highest BCUT2D eigenvalue weighted by Crippen LogP contribution is 2.37. The maximum absolute atomic E-state index is 5.35. The lowest BCUT2D eigenvalue weighted by molar-refractivity contribution is 0.324. The first-order valence-corrected chi connectivity index (χ1v) is 8.53. The van der Waals surface area contributed by atoms with Crippen LogP contribution in [0.25, 0.3) is 10.8 Å². The van der Waals surface area contributed by atoms with Gasteiger partial charge in [-0.3, -0.25) is 0 Å². The van der Waals surface area contributed by atoms with Gasteiger partial charge in [0.25, 0.3) is 0 Å². The highest BCUT2D eigenvalue weighted by atomic mass is 16.5. The van der Waals surface area contributed by atoms with E-state index in [1.807, 2.05) is 31.2 Å². The van der Waals surface area contributed by atoms with E-state index in [1.165, 1.54) is 10.8 Å². The largest absolute Gasteiger partial charge is 0.493 e. The Kier molecular flexibility index (Phi) is 5.71. The van der Waals surface area contributed by atoms with Gasteiger partial charge in [-0.2, -0.15) is 10.2 Å². The van der Waals surface area contributed by atoms with Crippen molar-refractivity contribution >= 4 is 22.7 Å². The Hall–Kier alpha value is -3.34. The Morgan fingerprint density at radius 3 is 2.11 bits per heavy atom. The summed E-state index contributed by atoms with van der Waals surface area (Å²) >= 11 is 0. The molecule has 3 rings (SSSR count). The summed E-state index contributed by atoms with van der Waals surface area (Å²) in [5.74, 6) is 1.70. The summed E-state index contributed by atoms with van der Waals surface area (Å²) in [5, 5.41) is 10.9. The molecule has 3 aromatic carbocycles. The van der Waals surface area contributed by atoms with E-state index < -0.39 is 0 Å². The van der Waals surface area contributed by atoms with Gasteiger partial charge in [0.2, 0.25) is 5.75 Å². The minimum absolute atomic E-state index is 0.549. The molecular formula is C22H22N2O3. The second-order valence-corrected chi connectivity index (χ2v) is 5.95. The lowest BCUT2D eigenvalue weighted by atomic mass is 10.0. The van der Waals surface area contributed by atoms with E-state index in [-0.39, 0.29) is 0 Å². The van der Waals surface area contributed by atoms with Crippen LogP contribution in [-0.2, 0) is 0 Å². The zero-order valence-corrected chi connectivity index (χ0v) is 15.9. The van der Waals surface area contributed by atoms with Crippen molar-refractivity contribution in [3.05, 3.63) is 65.7 Å². The zero-order chi connectivity index (χ0) is 19.2. The first-order chi connectivity index (χ1) is 13.2. The lowest BCUT2D eigenvalue weighted by Gasteiger charge is -2.12. The van der Waals surface area contributed by atoms with E-state index >= 15 is 0 Å². The number of hydrogen-bond acceptors (Lipinski definition) is 5. The van der Waals surface area contributed by atoms with Crippen LogP contribution in [0.2, 0.25) is 0 Å². The van der Waals surface area contributed by atoms with Crippen LogP contribution in [0.15, 0.2) is 64.8 Å². The molecule has 138 valence electrons. The molecule has 5 heteroatoms. The van der Waals surface area contributed by atoms with Crippen LogP contribution >= 0.6 is 0 Å².